The van der Waals surface area contributed by atoms with Gasteiger partial charge < -0.3 is 25.0 Å². The Hall–Kier alpha value is -3.18. The number of hydrogen-bond acceptors (Lipinski definition) is 8. The summed E-state index contributed by atoms with van der Waals surface area (Å²) in [5.41, 5.74) is 2.81. The first kappa shape index (κ1) is 28.9. The van der Waals surface area contributed by atoms with Gasteiger partial charge in [0.25, 0.3) is 6.43 Å². The van der Waals surface area contributed by atoms with E-state index in [4.69, 9.17) is 11.6 Å². The van der Waals surface area contributed by atoms with Crippen LogP contribution >= 0.6 is 22.9 Å². The van der Waals surface area contributed by atoms with E-state index in [-0.39, 0.29) is 6.54 Å². The van der Waals surface area contributed by atoms with Gasteiger partial charge in [0.15, 0.2) is 18.4 Å². The lowest BCUT2D eigenvalue weighted by molar-refractivity contribution is -0.177. The molecule has 1 saturated heterocycles. The summed E-state index contributed by atoms with van der Waals surface area (Å²) in [4.78, 5) is 6.91. The summed E-state index contributed by atoms with van der Waals surface area (Å²) in [6, 6.07) is 12.0. The lowest BCUT2D eigenvalue weighted by atomic mass is 9.80. The molecule has 1 aromatic carbocycles. The lowest BCUT2D eigenvalue weighted by Gasteiger charge is -2.41. The fourth-order valence-electron chi connectivity index (χ4n) is 5.89. The van der Waals surface area contributed by atoms with Gasteiger partial charge in [-0.25, -0.2) is 18.1 Å². The van der Waals surface area contributed by atoms with Gasteiger partial charge in [0.2, 0.25) is 0 Å². The second-order valence-corrected chi connectivity index (χ2v) is 12.3. The van der Waals surface area contributed by atoms with Crippen LogP contribution in [0, 0.1) is 16.7 Å². The fourth-order valence-corrected chi connectivity index (χ4v) is 7.26. The highest BCUT2D eigenvalue weighted by Gasteiger charge is 2.36. The number of aromatic nitrogens is 2. The van der Waals surface area contributed by atoms with E-state index >= 15 is 0 Å². The van der Waals surface area contributed by atoms with Gasteiger partial charge >= 0.3 is 0 Å². The van der Waals surface area contributed by atoms with Gasteiger partial charge in [-0.3, -0.25) is 4.98 Å². The Morgan fingerprint density at radius 2 is 1.98 bits per heavy atom. The summed E-state index contributed by atoms with van der Waals surface area (Å²) < 4.78 is 43.4. The number of nitrogens with one attached hydrogen (secondary N) is 1. The number of thiophene rings is 1. The van der Waals surface area contributed by atoms with E-state index in [1.807, 2.05) is 30.5 Å². The minimum atomic E-state index is -2.80. The van der Waals surface area contributed by atoms with Gasteiger partial charge in [-0.2, -0.15) is 5.26 Å². The zero-order valence-electron chi connectivity index (χ0n) is 22.4. The zero-order chi connectivity index (χ0) is 29.6. The third kappa shape index (κ3) is 5.37. The van der Waals surface area contributed by atoms with Crippen molar-refractivity contribution in [2.45, 2.75) is 44.9 Å². The van der Waals surface area contributed by atoms with Gasteiger partial charge in [-0.1, -0.05) is 11.6 Å². The molecular weight excluding hydrogens is 589 g/mol. The van der Waals surface area contributed by atoms with E-state index in [0.717, 1.165) is 62.5 Å². The first-order chi connectivity index (χ1) is 20.2. The summed E-state index contributed by atoms with van der Waals surface area (Å²) >= 11 is 7.91. The molecule has 2 atom stereocenters. The van der Waals surface area contributed by atoms with Crippen molar-refractivity contribution >= 4 is 44.1 Å². The molecule has 0 aliphatic carbocycles. The van der Waals surface area contributed by atoms with Crippen LogP contribution in [0.3, 0.4) is 0 Å². The molecule has 220 valence electrons. The van der Waals surface area contributed by atoms with Crippen molar-refractivity contribution in [2.24, 2.45) is 5.41 Å². The molecule has 42 heavy (non-hydrogen) atoms. The Balaban J connectivity index is 1.39. The van der Waals surface area contributed by atoms with Crippen LogP contribution in [0.4, 0.5) is 13.2 Å². The number of halogens is 4. The molecule has 2 aliphatic rings. The van der Waals surface area contributed by atoms with Crippen molar-refractivity contribution in [1.29, 1.82) is 5.26 Å². The molecule has 6 rings (SSSR count). The molecule has 13 heteroatoms. The predicted molar refractivity (Wildman–Crippen MR) is 155 cm³/mol. The highest BCUT2D eigenvalue weighted by atomic mass is 35.5. The Kier molecular flexibility index (Phi) is 7.91. The minimum absolute atomic E-state index is 0.107. The molecule has 3 aromatic heterocycles. The molecule has 2 unspecified atom stereocenters. The van der Waals surface area contributed by atoms with Crippen molar-refractivity contribution in [2.75, 3.05) is 19.6 Å². The van der Waals surface area contributed by atoms with Crippen LogP contribution in [0.5, 0.6) is 0 Å². The van der Waals surface area contributed by atoms with E-state index in [1.54, 1.807) is 12.3 Å². The third-order valence-electron chi connectivity index (χ3n) is 7.98. The highest BCUT2D eigenvalue weighted by Crippen LogP contribution is 2.41. The van der Waals surface area contributed by atoms with Crippen molar-refractivity contribution < 1.29 is 23.4 Å². The van der Waals surface area contributed by atoms with E-state index in [1.165, 1.54) is 11.3 Å². The van der Waals surface area contributed by atoms with Crippen molar-refractivity contribution in [3.05, 3.63) is 64.7 Å². The Morgan fingerprint density at radius 1 is 1.19 bits per heavy atom. The summed E-state index contributed by atoms with van der Waals surface area (Å²) in [5, 5.41) is 36.0. The maximum Gasteiger partial charge on any atom is 0.255 e. The quantitative estimate of drug-likeness (QED) is 0.261. The summed E-state index contributed by atoms with van der Waals surface area (Å²) in [7, 11) is 0. The average molecular weight is 617 g/mol. The Bertz CT molecular complexity index is 1700. The van der Waals surface area contributed by atoms with Gasteiger partial charge in [0.05, 0.1) is 33.8 Å². The number of alkyl halides is 2. The second-order valence-electron chi connectivity index (χ2n) is 10.8. The molecule has 0 bridgehead atoms. The molecular formula is C29H28ClF3N6O2S. The molecule has 3 N–H and O–H groups in total. The van der Waals surface area contributed by atoms with Gasteiger partial charge in [0.1, 0.15) is 0 Å². The van der Waals surface area contributed by atoms with E-state index in [0.29, 0.717) is 28.2 Å². The molecule has 1 fully saturated rings. The molecule has 0 spiro atoms. The Labute approximate surface area is 248 Å². The summed E-state index contributed by atoms with van der Waals surface area (Å²) in [6.45, 7) is 1.11. The molecule has 2 aliphatic heterocycles. The monoisotopic (exact) mass is 616 g/mol. The molecule has 4 aromatic rings. The maximum absolute atomic E-state index is 14.4. The standard InChI is InChI=1S/C29H28ClF3N6O2S/c30-18-9-17-2-8-37(16-29(15-34)3-6-35-7-4-29)25(17)21(10-18)20-1-5-36-23-11-19(42-26(20)23)12-39-27(40)22(31)13-38(28(39)41)14-24(32)33/h1-2,5,8-11,13,24,27-28,35,40-41H,3-4,6-7,12,14,16H2. The largest absolute Gasteiger partial charge is 0.371 e. The molecule has 8 nitrogen and oxygen atoms in total. The van der Waals surface area contributed by atoms with Crippen molar-refractivity contribution in [1.82, 2.24) is 24.7 Å². The highest BCUT2D eigenvalue weighted by molar-refractivity contribution is 7.19. The topological polar surface area (TPSA) is 101 Å². The number of nitrogens with zero attached hydrogens (tertiary/aromatic N) is 5. The summed E-state index contributed by atoms with van der Waals surface area (Å²) in [5.74, 6) is -1.04. The molecule has 5 heterocycles. The summed E-state index contributed by atoms with van der Waals surface area (Å²) in [6.07, 6.45) is -0.373. The van der Waals surface area contributed by atoms with Crippen molar-refractivity contribution in [3.8, 4) is 17.2 Å². The first-order valence-electron chi connectivity index (χ1n) is 13.5. The van der Waals surface area contributed by atoms with Crippen LogP contribution in [-0.2, 0) is 13.1 Å². The number of aliphatic hydroxyl groups is 2. The number of rotatable bonds is 7. The van der Waals surface area contributed by atoms with Gasteiger partial charge in [-0.15, -0.1) is 11.3 Å². The lowest BCUT2D eigenvalue weighted by Crippen LogP contribution is -2.55. The SMILES string of the molecule is N#CC1(Cn2ccc3cc(Cl)cc(-c4ccnc5cc(CN6C(O)C(F)=CN(CC(F)F)C6O)sc45)c32)CCNCC1. The zero-order valence-corrected chi connectivity index (χ0v) is 23.9. The number of piperidine rings is 1. The van der Waals surface area contributed by atoms with Crippen LogP contribution in [0.25, 0.3) is 32.2 Å². The van der Waals surface area contributed by atoms with E-state index in [2.05, 4.69) is 20.9 Å². The van der Waals surface area contributed by atoms with Crippen LogP contribution in [-0.4, -0.2) is 68.2 Å². The van der Waals surface area contributed by atoms with Crippen LogP contribution in [0.2, 0.25) is 5.02 Å². The molecule has 0 saturated carbocycles. The normalized spacial score (nSPS) is 21.3. The van der Waals surface area contributed by atoms with Crippen LogP contribution in [0.1, 0.15) is 17.7 Å². The number of nitriles is 1. The number of hydrogen-bond donors (Lipinski definition) is 3. The first-order valence-corrected chi connectivity index (χ1v) is 14.7. The van der Waals surface area contributed by atoms with E-state index < -0.39 is 36.8 Å². The number of benzene rings is 1. The van der Waals surface area contributed by atoms with Crippen molar-refractivity contribution in [3.63, 3.8) is 0 Å². The molecule has 0 amide bonds. The van der Waals surface area contributed by atoms with Gasteiger partial charge in [-0.05, 0) is 56.3 Å². The number of pyridine rings is 1. The predicted octanol–water partition coefficient (Wildman–Crippen LogP) is 5.25. The van der Waals surface area contributed by atoms with Crippen LogP contribution in [0.15, 0.2) is 54.8 Å². The molecule has 0 radical (unpaired) electrons. The number of aliphatic hydroxyl groups excluding tert-OH is 2. The maximum atomic E-state index is 14.4. The van der Waals surface area contributed by atoms with Crippen LogP contribution < -0.4 is 5.32 Å². The van der Waals surface area contributed by atoms with E-state index in [9.17, 15) is 28.6 Å². The second kappa shape index (κ2) is 11.5. The minimum Gasteiger partial charge on any atom is -0.371 e. The Morgan fingerprint density at radius 3 is 2.71 bits per heavy atom. The fraction of sp³-hybridized carbons (Fsp3) is 0.379. The van der Waals surface area contributed by atoms with Gasteiger partial charge in [0, 0.05) is 58.1 Å². The third-order valence-corrected chi connectivity index (χ3v) is 9.34. The average Bonchev–Trinajstić information content (AvgIpc) is 3.57. The number of fused-ring (bicyclic) bond motifs is 2. The smallest absolute Gasteiger partial charge is 0.255 e.